The first-order valence-corrected chi connectivity index (χ1v) is 9.84. The van der Waals surface area contributed by atoms with E-state index >= 15 is 0 Å². The Balaban J connectivity index is 1.61. The third-order valence-electron chi connectivity index (χ3n) is 8.99. The van der Waals surface area contributed by atoms with Gasteiger partial charge in [0.2, 0.25) is 0 Å². The zero-order valence-corrected chi connectivity index (χ0v) is 14.8. The van der Waals surface area contributed by atoms with Gasteiger partial charge in [0.05, 0.1) is 6.10 Å². The van der Waals surface area contributed by atoms with Crippen molar-refractivity contribution < 1.29 is 5.11 Å². The minimum Gasteiger partial charge on any atom is -0.393 e. The average molecular weight is 306 g/mol. The first-order chi connectivity index (χ1) is 10.5. The molecule has 126 valence electrons. The molecule has 4 fully saturated rings. The molecule has 0 aromatic carbocycles. The van der Waals surface area contributed by atoms with Crippen LogP contribution in [0.25, 0.3) is 0 Å². The third kappa shape index (κ3) is 1.99. The van der Waals surface area contributed by atoms with Gasteiger partial charge in [0.15, 0.2) is 0 Å². The summed E-state index contributed by atoms with van der Waals surface area (Å²) in [5.41, 5.74) is 1.08. The largest absolute Gasteiger partial charge is 0.393 e. The maximum Gasteiger partial charge on any atom is 0.0543 e. The van der Waals surface area contributed by atoms with Crippen molar-refractivity contribution in [3.63, 3.8) is 0 Å². The van der Waals surface area contributed by atoms with Crippen molar-refractivity contribution in [1.82, 2.24) is 5.32 Å². The van der Waals surface area contributed by atoms with Crippen LogP contribution >= 0.6 is 0 Å². The van der Waals surface area contributed by atoms with E-state index in [1.54, 1.807) is 0 Å². The molecular weight excluding hydrogens is 270 g/mol. The molecule has 0 unspecified atom stereocenters. The predicted octanol–water partition coefficient (Wildman–Crippen LogP) is 3.98. The fourth-order valence-electron chi connectivity index (χ4n) is 7.71. The minimum atomic E-state index is -0.0105. The molecule has 0 heterocycles. The van der Waals surface area contributed by atoms with Crippen LogP contribution in [0.1, 0.15) is 71.6 Å². The van der Waals surface area contributed by atoms with E-state index in [0.29, 0.717) is 10.8 Å². The van der Waals surface area contributed by atoms with Gasteiger partial charge in [-0.05, 0) is 99.3 Å². The van der Waals surface area contributed by atoms with Crippen molar-refractivity contribution in [2.24, 2.45) is 34.5 Å². The lowest BCUT2D eigenvalue weighted by Crippen LogP contribution is -2.55. The van der Waals surface area contributed by atoms with E-state index < -0.39 is 0 Å². The van der Waals surface area contributed by atoms with Crippen LogP contribution in [0.3, 0.4) is 0 Å². The topological polar surface area (TPSA) is 32.3 Å². The van der Waals surface area contributed by atoms with Crippen molar-refractivity contribution in [3.8, 4) is 0 Å². The van der Waals surface area contributed by atoms with Crippen LogP contribution < -0.4 is 5.32 Å². The molecule has 0 radical (unpaired) electrons. The van der Waals surface area contributed by atoms with E-state index in [1.165, 1.54) is 44.9 Å². The molecule has 0 aromatic rings. The normalized spacial score (nSPS) is 57.8. The highest BCUT2D eigenvalue weighted by Crippen LogP contribution is 2.66. The Labute approximate surface area is 136 Å². The molecule has 0 aliphatic heterocycles. The maximum absolute atomic E-state index is 10.1. The lowest BCUT2D eigenvalue weighted by Gasteiger charge is -2.61. The Morgan fingerprint density at radius 3 is 2.36 bits per heavy atom. The second-order valence-electron chi connectivity index (χ2n) is 9.55. The molecule has 0 amide bonds. The maximum atomic E-state index is 10.1. The molecule has 2 nitrogen and oxygen atoms in total. The second kappa shape index (κ2) is 5.21. The molecule has 4 saturated carbocycles. The van der Waals surface area contributed by atoms with Gasteiger partial charge in [-0.25, -0.2) is 0 Å². The van der Waals surface area contributed by atoms with Crippen LogP contribution in [0.4, 0.5) is 0 Å². The number of hydrogen-bond donors (Lipinski definition) is 2. The summed E-state index contributed by atoms with van der Waals surface area (Å²) in [7, 11) is 2.17. The van der Waals surface area contributed by atoms with E-state index in [2.05, 4.69) is 26.2 Å². The van der Waals surface area contributed by atoms with E-state index in [1.807, 2.05) is 0 Å². The van der Waals surface area contributed by atoms with Crippen molar-refractivity contribution in [3.05, 3.63) is 0 Å². The standard InChI is InChI=1S/C20H35NO/c1-19-10-8-14(22)12-13(19)4-5-15-16-6-7-18(21-3)20(16,2)11-9-17(15)19/h13-18,21-22H,4-12H2,1-3H3/t13-,14+,15-,16+,17-,18+,19-,20-/m0/s1. The minimum absolute atomic E-state index is 0.0105. The SMILES string of the molecule is CN[C@@H]1CC[C@@H]2[C@@H]3CC[C@H]4C[C@H](O)CC[C@]4(C)[C@H]3CC[C@@]21C. The van der Waals surface area contributed by atoms with E-state index in [4.69, 9.17) is 0 Å². The lowest BCUT2D eigenvalue weighted by atomic mass is 9.45. The van der Waals surface area contributed by atoms with Crippen LogP contribution in [-0.4, -0.2) is 24.3 Å². The van der Waals surface area contributed by atoms with Gasteiger partial charge in [-0.3, -0.25) is 0 Å². The fourth-order valence-corrected chi connectivity index (χ4v) is 7.71. The van der Waals surface area contributed by atoms with Gasteiger partial charge < -0.3 is 10.4 Å². The molecule has 8 atom stereocenters. The van der Waals surface area contributed by atoms with Gasteiger partial charge in [-0.15, -0.1) is 0 Å². The Morgan fingerprint density at radius 2 is 1.59 bits per heavy atom. The number of nitrogens with one attached hydrogen (secondary N) is 1. The van der Waals surface area contributed by atoms with Crippen LogP contribution in [0.5, 0.6) is 0 Å². The molecule has 4 aliphatic carbocycles. The summed E-state index contributed by atoms with van der Waals surface area (Å²) in [6.07, 6.45) is 11.9. The summed E-state index contributed by atoms with van der Waals surface area (Å²) in [4.78, 5) is 0. The predicted molar refractivity (Wildman–Crippen MR) is 90.6 cm³/mol. The summed E-state index contributed by atoms with van der Waals surface area (Å²) >= 11 is 0. The summed E-state index contributed by atoms with van der Waals surface area (Å²) in [6.45, 7) is 5.18. The first kappa shape index (κ1) is 15.4. The number of aliphatic hydroxyl groups is 1. The summed E-state index contributed by atoms with van der Waals surface area (Å²) < 4.78 is 0. The summed E-state index contributed by atoms with van der Waals surface area (Å²) in [6, 6.07) is 0.747. The average Bonchev–Trinajstić information content (AvgIpc) is 2.84. The number of hydrogen-bond acceptors (Lipinski definition) is 2. The van der Waals surface area contributed by atoms with Crippen molar-refractivity contribution in [1.29, 1.82) is 0 Å². The Bertz CT molecular complexity index is 437. The monoisotopic (exact) mass is 305 g/mol. The summed E-state index contributed by atoms with van der Waals surface area (Å²) in [5, 5.41) is 13.7. The quantitative estimate of drug-likeness (QED) is 0.768. The van der Waals surface area contributed by atoms with Crippen molar-refractivity contribution in [2.75, 3.05) is 7.05 Å². The smallest absolute Gasteiger partial charge is 0.0543 e. The molecule has 4 rings (SSSR count). The molecule has 22 heavy (non-hydrogen) atoms. The third-order valence-corrected chi connectivity index (χ3v) is 8.99. The van der Waals surface area contributed by atoms with E-state index in [9.17, 15) is 5.11 Å². The van der Waals surface area contributed by atoms with Gasteiger partial charge in [-0.1, -0.05) is 13.8 Å². The molecule has 0 saturated heterocycles. The Kier molecular flexibility index (Phi) is 3.66. The fraction of sp³-hybridized carbons (Fsp3) is 1.00. The number of fused-ring (bicyclic) bond motifs is 5. The van der Waals surface area contributed by atoms with Crippen LogP contribution in [0.2, 0.25) is 0 Å². The molecule has 0 aromatic heterocycles. The molecule has 2 heteroatoms. The van der Waals surface area contributed by atoms with Crippen LogP contribution in [0.15, 0.2) is 0 Å². The van der Waals surface area contributed by atoms with E-state index in [-0.39, 0.29) is 6.10 Å². The number of aliphatic hydroxyl groups excluding tert-OH is 1. The first-order valence-electron chi connectivity index (χ1n) is 9.84. The van der Waals surface area contributed by atoms with Gasteiger partial charge >= 0.3 is 0 Å². The highest BCUT2D eigenvalue weighted by molar-refractivity contribution is 5.10. The van der Waals surface area contributed by atoms with Crippen LogP contribution in [-0.2, 0) is 0 Å². The molecule has 4 aliphatic rings. The zero-order chi connectivity index (χ0) is 15.5. The second-order valence-corrected chi connectivity index (χ2v) is 9.55. The highest BCUT2D eigenvalue weighted by Gasteiger charge is 2.59. The molecule has 0 spiro atoms. The molecule has 0 bridgehead atoms. The highest BCUT2D eigenvalue weighted by atomic mass is 16.3. The van der Waals surface area contributed by atoms with Gasteiger partial charge in [-0.2, -0.15) is 0 Å². The molecule has 2 N–H and O–H groups in total. The summed E-state index contributed by atoms with van der Waals surface area (Å²) in [5.74, 6) is 3.65. The molecular formula is C20H35NO. The Morgan fingerprint density at radius 1 is 0.864 bits per heavy atom. The van der Waals surface area contributed by atoms with Gasteiger partial charge in [0, 0.05) is 6.04 Å². The van der Waals surface area contributed by atoms with Crippen molar-refractivity contribution in [2.45, 2.75) is 83.8 Å². The lowest BCUT2D eigenvalue weighted by molar-refractivity contribution is -0.123. The van der Waals surface area contributed by atoms with Crippen LogP contribution in [0, 0.1) is 34.5 Å². The van der Waals surface area contributed by atoms with Gasteiger partial charge in [0.1, 0.15) is 0 Å². The van der Waals surface area contributed by atoms with E-state index in [0.717, 1.165) is 42.6 Å². The number of rotatable bonds is 1. The Hall–Kier alpha value is -0.0800. The zero-order valence-electron chi connectivity index (χ0n) is 14.8. The van der Waals surface area contributed by atoms with Crippen molar-refractivity contribution >= 4 is 0 Å². The van der Waals surface area contributed by atoms with Gasteiger partial charge in [0.25, 0.3) is 0 Å².